The number of rotatable bonds is 6. The van der Waals surface area contributed by atoms with Crippen LogP contribution in [0.1, 0.15) is 12.0 Å². The molecule has 0 spiro atoms. The summed E-state index contributed by atoms with van der Waals surface area (Å²) in [6.07, 6.45) is 0.978. The van der Waals surface area contributed by atoms with E-state index in [2.05, 4.69) is 21.2 Å². The van der Waals surface area contributed by atoms with Crippen molar-refractivity contribution >= 4 is 39.1 Å². The largest absolute Gasteiger partial charge is 0.496 e. The fourth-order valence-electron chi connectivity index (χ4n) is 2.11. The molecule has 122 valence electrons. The van der Waals surface area contributed by atoms with E-state index in [-0.39, 0.29) is 5.91 Å². The summed E-state index contributed by atoms with van der Waals surface area (Å²) >= 11 is 9.39. The number of aryl methyl sites for hydroxylation is 1. The summed E-state index contributed by atoms with van der Waals surface area (Å²) in [5.41, 5.74) is 1.62. The first kappa shape index (κ1) is 17.6. The fourth-order valence-corrected chi connectivity index (χ4v) is 2.87. The van der Waals surface area contributed by atoms with Crippen molar-refractivity contribution in [3.05, 3.63) is 51.5 Å². The molecule has 0 radical (unpaired) electrons. The number of hydrogen-bond donors (Lipinski definition) is 1. The maximum atomic E-state index is 12.1. The van der Waals surface area contributed by atoms with Crippen LogP contribution < -0.4 is 14.8 Å². The molecule has 0 aromatic heterocycles. The van der Waals surface area contributed by atoms with Gasteiger partial charge < -0.3 is 14.8 Å². The van der Waals surface area contributed by atoms with Crippen LogP contribution >= 0.6 is 27.5 Å². The topological polar surface area (TPSA) is 47.6 Å². The predicted octanol–water partition coefficient (Wildman–Crippen LogP) is 4.69. The van der Waals surface area contributed by atoms with Crippen LogP contribution in [0, 0.1) is 0 Å². The lowest BCUT2D eigenvalue weighted by atomic mass is 10.1. The zero-order chi connectivity index (χ0) is 16.8. The highest BCUT2D eigenvalue weighted by Crippen LogP contribution is 2.28. The van der Waals surface area contributed by atoms with Gasteiger partial charge in [0.15, 0.2) is 0 Å². The second-order valence-electron chi connectivity index (χ2n) is 4.86. The minimum Gasteiger partial charge on any atom is -0.496 e. The first-order chi connectivity index (χ1) is 11.0. The maximum absolute atomic E-state index is 12.1. The van der Waals surface area contributed by atoms with Crippen molar-refractivity contribution in [3.63, 3.8) is 0 Å². The van der Waals surface area contributed by atoms with E-state index in [1.54, 1.807) is 32.4 Å². The number of carbonyl (C=O) groups excluding carboxylic acids is 1. The lowest BCUT2D eigenvalue weighted by Crippen LogP contribution is -2.13. The van der Waals surface area contributed by atoms with Crippen LogP contribution in [0.4, 0.5) is 5.69 Å². The van der Waals surface area contributed by atoms with Crippen molar-refractivity contribution in [2.75, 3.05) is 19.5 Å². The molecule has 6 heteroatoms. The van der Waals surface area contributed by atoms with Gasteiger partial charge in [-0.3, -0.25) is 4.79 Å². The molecular formula is C17H17BrClNO3. The Labute approximate surface area is 148 Å². The van der Waals surface area contributed by atoms with Crippen molar-refractivity contribution in [2.45, 2.75) is 12.8 Å². The molecule has 0 saturated heterocycles. The van der Waals surface area contributed by atoms with Crippen LogP contribution in [-0.4, -0.2) is 20.1 Å². The molecule has 0 aliphatic rings. The highest BCUT2D eigenvalue weighted by Gasteiger charge is 2.09. The lowest BCUT2D eigenvalue weighted by Gasteiger charge is -2.11. The van der Waals surface area contributed by atoms with Gasteiger partial charge in [0.2, 0.25) is 5.91 Å². The number of hydrogen-bond acceptors (Lipinski definition) is 3. The Morgan fingerprint density at radius 1 is 1.13 bits per heavy atom. The van der Waals surface area contributed by atoms with E-state index in [1.807, 2.05) is 18.2 Å². The smallest absolute Gasteiger partial charge is 0.224 e. The van der Waals surface area contributed by atoms with Gasteiger partial charge in [-0.1, -0.05) is 17.7 Å². The number of halogens is 2. The van der Waals surface area contributed by atoms with Gasteiger partial charge in [-0.2, -0.15) is 0 Å². The molecule has 0 aliphatic heterocycles. The zero-order valence-corrected chi connectivity index (χ0v) is 15.2. The molecule has 0 heterocycles. The van der Waals surface area contributed by atoms with Crippen molar-refractivity contribution in [1.82, 2.24) is 0 Å². The summed E-state index contributed by atoms with van der Waals surface area (Å²) in [5, 5.41) is 3.37. The predicted molar refractivity (Wildman–Crippen MR) is 95.6 cm³/mol. The van der Waals surface area contributed by atoms with E-state index in [4.69, 9.17) is 21.1 Å². The third-order valence-corrected chi connectivity index (χ3v) is 4.15. The normalized spacial score (nSPS) is 10.3. The minimum atomic E-state index is -0.0995. The van der Waals surface area contributed by atoms with Crippen molar-refractivity contribution < 1.29 is 14.3 Å². The molecule has 2 rings (SSSR count). The van der Waals surface area contributed by atoms with Crippen LogP contribution in [0.25, 0.3) is 0 Å². The van der Waals surface area contributed by atoms with E-state index in [9.17, 15) is 4.79 Å². The number of benzene rings is 2. The first-order valence-electron chi connectivity index (χ1n) is 6.99. The highest BCUT2D eigenvalue weighted by molar-refractivity contribution is 9.10. The Hall–Kier alpha value is -1.72. The summed E-state index contributed by atoms with van der Waals surface area (Å²) in [7, 11) is 3.17. The minimum absolute atomic E-state index is 0.0995. The van der Waals surface area contributed by atoms with Crippen molar-refractivity contribution in [2.24, 2.45) is 0 Å². The summed E-state index contributed by atoms with van der Waals surface area (Å²) in [6.45, 7) is 0. The molecule has 1 amide bonds. The van der Waals surface area contributed by atoms with E-state index in [0.717, 1.165) is 15.8 Å². The first-order valence-corrected chi connectivity index (χ1v) is 8.16. The standard InChI is InChI=1S/C17H17BrClNO3/c1-22-15-6-3-11(9-13(15)18)4-8-17(21)20-14-10-12(19)5-7-16(14)23-2/h3,5-7,9-10H,4,8H2,1-2H3,(H,20,21). The Bertz CT molecular complexity index is 706. The molecule has 0 aliphatic carbocycles. The number of nitrogens with one attached hydrogen (secondary N) is 1. The molecule has 0 unspecified atom stereocenters. The van der Waals surface area contributed by atoms with Gasteiger partial charge in [0.25, 0.3) is 0 Å². The van der Waals surface area contributed by atoms with Gasteiger partial charge in [-0.05, 0) is 58.2 Å². The monoisotopic (exact) mass is 397 g/mol. The summed E-state index contributed by atoms with van der Waals surface area (Å²) in [4.78, 5) is 12.1. The average molecular weight is 399 g/mol. The molecule has 0 atom stereocenters. The Balaban J connectivity index is 1.98. The van der Waals surface area contributed by atoms with Crippen LogP contribution in [0.3, 0.4) is 0 Å². The lowest BCUT2D eigenvalue weighted by molar-refractivity contribution is -0.116. The van der Waals surface area contributed by atoms with Gasteiger partial charge in [0.05, 0.1) is 24.4 Å². The third kappa shape index (κ3) is 4.88. The molecular weight excluding hydrogens is 382 g/mol. The van der Waals surface area contributed by atoms with Gasteiger partial charge >= 0.3 is 0 Å². The number of anilines is 1. The van der Waals surface area contributed by atoms with Gasteiger partial charge in [-0.25, -0.2) is 0 Å². The van der Waals surface area contributed by atoms with Crippen LogP contribution in [0.2, 0.25) is 5.02 Å². The molecule has 0 fully saturated rings. The Morgan fingerprint density at radius 2 is 1.83 bits per heavy atom. The van der Waals surface area contributed by atoms with E-state index in [0.29, 0.717) is 29.3 Å². The van der Waals surface area contributed by atoms with E-state index in [1.165, 1.54) is 0 Å². The van der Waals surface area contributed by atoms with Gasteiger partial charge in [0.1, 0.15) is 11.5 Å². The second-order valence-corrected chi connectivity index (χ2v) is 6.15. The Kier molecular flexibility index (Phi) is 6.30. The molecule has 2 aromatic carbocycles. The van der Waals surface area contributed by atoms with E-state index < -0.39 is 0 Å². The molecule has 23 heavy (non-hydrogen) atoms. The summed E-state index contributed by atoms with van der Waals surface area (Å²) in [5.74, 6) is 1.24. The molecule has 1 N–H and O–H groups in total. The maximum Gasteiger partial charge on any atom is 0.224 e. The van der Waals surface area contributed by atoms with Crippen molar-refractivity contribution in [3.8, 4) is 11.5 Å². The highest BCUT2D eigenvalue weighted by atomic mass is 79.9. The molecule has 4 nitrogen and oxygen atoms in total. The second kappa shape index (κ2) is 8.22. The SMILES string of the molecule is COc1ccc(CCC(=O)Nc2cc(Cl)ccc2OC)cc1Br. The number of ether oxygens (including phenoxy) is 2. The number of methoxy groups -OCH3 is 2. The van der Waals surface area contributed by atoms with Crippen LogP contribution in [0.15, 0.2) is 40.9 Å². The average Bonchev–Trinajstić information content (AvgIpc) is 2.53. The van der Waals surface area contributed by atoms with Crippen LogP contribution in [-0.2, 0) is 11.2 Å². The van der Waals surface area contributed by atoms with Crippen LogP contribution in [0.5, 0.6) is 11.5 Å². The van der Waals surface area contributed by atoms with Gasteiger partial charge in [-0.15, -0.1) is 0 Å². The Morgan fingerprint density at radius 3 is 2.48 bits per heavy atom. The molecule has 2 aromatic rings. The molecule has 0 saturated carbocycles. The number of amides is 1. The zero-order valence-electron chi connectivity index (χ0n) is 12.9. The van der Waals surface area contributed by atoms with E-state index >= 15 is 0 Å². The van der Waals surface area contributed by atoms with Gasteiger partial charge in [0, 0.05) is 11.4 Å². The quantitative estimate of drug-likeness (QED) is 0.768. The molecule has 0 bridgehead atoms. The summed E-state index contributed by atoms with van der Waals surface area (Å²) < 4.78 is 11.3. The fraction of sp³-hybridized carbons (Fsp3) is 0.235. The third-order valence-electron chi connectivity index (χ3n) is 3.29. The van der Waals surface area contributed by atoms with Crippen molar-refractivity contribution in [1.29, 1.82) is 0 Å². The summed E-state index contributed by atoms with van der Waals surface area (Å²) in [6, 6.07) is 10.9. The number of carbonyl (C=O) groups is 1.